The first-order valence-electron chi connectivity index (χ1n) is 3.89. The molecule has 0 aromatic heterocycles. The summed E-state index contributed by atoms with van der Waals surface area (Å²) in [5.74, 6) is -1.57. The predicted molar refractivity (Wildman–Crippen MR) is 51.4 cm³/mol. The molecule has 0 unspecified atom stereocenters. The molecule has 0 radical (unpaired) electrons. The first-order valence-corrected chi connectivity index (χ1v) is 3.89. The largest absolute Gasteiger partial charge is 0.507 e. The highest BCUT2D eigenvalue weighted by Crippen LogP contribution is 2.28. The summed E-state index contributed by atoms with van der Waals surface area (Å²) < 4.78 is 0. The van der Waals surface area contributed by atoms with E-state index in [1.807, 2.05) is 0 Å². The number of hydrogen-bond acceptors (Lipinski definition) is 4. The van der Waals surface area contributed by atoms with Gasteiger partial charge in [-0.1, -0.05) is 6.07 Å². The van der Waals surface area contributed by atoms with Crippen LogP contribution in [-0.4, -0.2) is 21.1 Å². The number of aromatic hydroxyl groups is 1. The number of phenols is 1. The number of aliphatic carboxylic acids is 1. The monoisotopic (exact) mass is 209 g/mol. The van der Waals surface area contributed by atoms with Crippen LogP contribution in [0.1, 0.15) is 5.56 Å². The van der Waals surface area contributed by atoms with Gasteiger partial charge in [-0.25, -0.2) is 4.79 Å². The Kier molecular flexibility index (Phi) is 3.02. The zero-order valence-corrected chi connectivity index (χ0v) is 7.45. The van der Waals surface area contributed by atoms with Crippen LogP contribution in [0.25, 0.3) is 6.08 Å². The third-order valence-corrected chi connectivity index (χ3v) is 1.65. The molecular weight excluding hydrogens is 202 g/mol. The van der Waals surface area contributed by atoms with Crippen molar-refractivity contribution in [2.24, 2.45) is 0 Å². The van der Waals surface area contributed by atoms with Crippen LogP contribution in [0, 0.1) is 10.1 Å². The Labute approximate surface area is 84.2 Å². The summed E-state index contributed by atoms with van der Waals surface area (Å²) in [6.07, 6.45) is 1.71. The minimum Gasteiger partial charge on any atom is -0.507 e. The van der Waals surface area contributed by atoms with Gasteiger partial charge in [-0.2, -0.15) is 0 Å². The van der Waals surface area contributed by atoms with Crippen LogP contribution >= 0.6 is 0 Å². The Morgan fingerprint density at radius 3 is 2.67 bits per heavy atom. The molecule has 0 amide bonds. The molecule has 0 saturated carbocycles. The van der Waals surface area contributed by atoms with E-state index in [0.29, 0.717) is 0 Å². The second-order valence-corrected chi connectivity index (χ2v) is 2.64. The van der Waals surface area contributed by atoms with Crippen LogP contribution in [0.15, 0.2) is 24.3 Å². The van der Waals surface area contributed by atoms with Gasteiger partial charge in [-0.15, -0.1) is 0 Å². The minimum atomic E-state index is -1.24. The Balaban J connectivity index is 3.25. The summed E-state index contributed by atoms with van der Waals surface area (Å²) in [4.78, 5) is 20.1. The molecule has 0 heterocycles. The fraction of sp³-hybridized carbons (Fsp3) is 0. The van der Waals surface area contributed by atoms with E-state index in [4.69, 9.17) is 5.11 Å². The summed E-state index contributed by atoms with van der Waals surface area (Å²) in [7, 11) is 0. The summed E-state index contributed by atoms with van der Waals surface area (Å²) in [5.41, 5.74) is -0.461. The Morgan fingerprint density at radius 1 is 1.47 bits per heavy atom. The fourth-order valence-corrected chi connectivity index (χ4v) is 1.03. The minimum absolute atomic E-state index is 0.120. The van der Waals surface area contributed by atoms with Crippen LogP contribution in [0.2, 0.25) is 0 Å². The third-order valence-electron chi connectivity index (χ3n) is 1.65. The van der Waals surface area contributed by atoms with E-state index in [2.05, 4.69) is 0 Å². The molecule has 0 saturated heterocycles. The summed E-state index contributed by atoms with van der Waals surface area (Å²) in [6, 6.07) is 3.74. The van der Waals surface area contributed by atoms with Gasteiger partial charge in [0.25, 0.3) is 5.69 Å². The molecule has 1 rings (SSSR count). The van der Waals surface area contributed by atoms with Crippen molar-refractivity contribution in [1.82, 2.24) is 0 Å². The number of phenolic OH excluding ortho intramolecular Hbond substituents is 1. The van der Waals surface area contributed by atoms with Gasteiger partial charge in [-0.3, -0.25) is 10.1 Å². The molecule has 0 bridgehead atoms. The van der Waals surface area contributed by atoms with E-state index in [0.717, 1.165) is 12.2 Å². The number of carbonyl (C=O) groups is 1. The number of carboxylic acids is 1. The molecule has 1 aromatic rings. The molecule has 2 N–H and O–H groups in total. The average Bonchev–Trinajstić information content (AvgIpc) is 2.15. The molecule has 6 nitrogen and oxygen atoms in total. The molecule has 0 aliphatic carbocycles. The van der Waals surface area contributed by atoms with Gasteiger partial charge in [0.15, 0.2) is 0 Å². The van der Waals surface area contributed by atoms with Crippen molar-refractivity contribution in [3.63, 3.8) is 0 Å². The SMILES string of the molecule is O=C(O)/C=C/c1c(O)cccc1[N+](=O)[O-]. The van der Waals surface area contributed by atoms with Crippen molar-refractivity contribution in [2.75, 3.05) is 0 Å². The molecule has 15 heavy (non-hydrogen) atoms. The van der Waals surface area contributed by atoms with Crippen molar-refractivity contribution in [3.8, 4) is 5.75 Å². The number of nitro groups is 1. The summed E-state index contributed by atoms with van der Waals surface area (Å²) >= 11 is 0. The Morgan fingerprint density at radius 2 is 2.13 bits per heavy atom. The summed E-state index contributed by atoms with van der Waals surface area (Å²) in [6.45, 7) is 0. The van der Waals surface area contributed by atoms with Crippen LogP contribution in [0.3, 0.4) is 0 Å². The third kappa shape index (κ3) is 2.53. The molecule has 0 fully saturated rings. The van der Waals surface area contributed by atoms with Crippen LogP contribution < -0.4 is 0 Å². The highest BCUT2D eigenvalue weighted by Gasteiger charge is 2.14. The first kappa shape index (κ1) is 10.7. The lowest BCUT2D eigenvalue weighted by molar-refractivity contribution is -0.385. The van der Waals surface area contributed by atoms with Crippen molar-refractivity contribution < 1.29 is 19.9 Å². The molecule has 0 aliphatic rings. The Hall–Kier alpha value is -2.37. The van der Waals surface area contributed by atoms with E-state index in [1.54, 1.807) is 0 Å². The number of carboxylic acid groups (broad SMARTS) is 1. The van der Waals surface area contributed by atoms with Crippen LogP contribution in [0.4, 0.5) is 5.69 Å². The van der Waals surface area contributed by atoms with Crippen LogP contribution in [0.5, 0.6) is 5.75 Å². The van der Waals surface area contributed by atoms with Crippen molar-refractivity contribution in [2.45, 2.75) is 0 Å². The topological polar surface area (TPSA) is 101 Å². The fourth-order valence-electron chi connectivity index (χ4n) is 1.03. The lowest BCUT2D eigenvalue weighted by Gasteiger charge is -1.99. The van der Waals surface area contributed by atoms with Gasteiger partial charge < -0.3 is 10.2 Å². The highest BCUT2D eigenvalue weighted by molar-refractivity contribution is 5.87. The second-order valence-electron chi connectivity index (χ2n) is 2.64. The number of nitro benzene ring substituents is 1. The maximum absolute atomic E-state index is 10.5. The standard InChI is InChI=1S/C9H7NO5/c11-8-3-1-2-7(10(14)15)6(8)4-5-9(12)13/h1-5,11H,(H,12,13)/b5-4+. The zero-order valence-electron chi connectivity index (χ0n) is 7.45. The molecule has 0 spiro atoms. The quantitative estimate of drug-likeness (QED) is 0.445. The first-order chi connectivity index (χ1) is 7.02. The van der Waals surface area contributed by atoms with Crippen molar-refractivity contribution in [3.05, 3.63) is 40.0 Å². The van der Waals surface area contributed by atoms with Crippen LogP contribution in [-0.2, 0) is 4.79 Å². The number of benzene rings is 1. The van der Waals surface area contributed by atoms with Gasteiger partial charge in [-0.05, 0) is 12.1 Å². The van der Waals surface area contributed by atoms with Crippen molar-refractivity contribution in [1.29, 1.82) is 0 Å². The maximum atomic E-state index is 10.5. The molecular formula is C9H7NO5. The lowest BCUT2D eigenvalue weighted by atomic mass is 10.1. The van der Waals surface area contributed by atoms with E-state index in [1.165, 1.54) is 18.2 Å². The van der Waals surface area contributed by atoms with Gasteiger partial charge in [0.2, 0.25) is 0 Å². The predicted octanol–water partition coefficient (Wildman–Crippen LogP) is 1.40. The molecule has 78 valence electrons. The van der Waals surface area contributed by atoms with Gasteiger partial charge in [0.1, 0.15) is 5.75 Å². The smallest absolute Gasteiger partial charge is 0.328 e. The van der Waals surface area contributed by atoms with E-state index >= 15 is 0 Å². The zero-order chi connectivity index (χ0) is 11.4. The molecule has 1 aromatic carbocycles. The number of rotatable bonds is 3. The molecule has 6 heteroatoms. The maximum Gasteiger partial charge on any atom is 0.328 e. The number of hydrogen-bond donors (Lipinski definition) is 2. The second kappa shape index (κ2) is 4.23. The van der Waals surface area contributed by atoms with Crippen molar-refractivity contribution >= 4 is 17.7 Å². The van der Waals surface area contributed by atoms with Gasteiger partial charge >= 0.3 is 5.97 Å². The van der Waals surface area contributed by atoms with Gasteiger partial charge in [0, 0.05) is 12.1 Å². The normalized spacial score (nSPS) is 10.4. The molecule has 0 aliphatic heterocycles. The Bertz CT molecular complexity index is 438. The highest BCUT2D eigenvalue weighted by atomic mass is 16.6. The van der Waals surface area contributed by atoms with E-state index in [-0.39, 0.29) is 17.0 Å². The lowest BCUT2D eigenvalue weighted by Crippen LogP contribution is -1.92. The van der Waals surface area contributed by atoms with E-state index in [9.17, 15) is 20.0 Å². The average molecular weight is 209 g/mol. The molecule has 0 atom stereocenters. The van der Waals surface area contributed by atoms with E-state index < -0.39 is 10.9 Å². The van der Waals surface area contributed by atoms with Gasteiger partial charge in [0.05, 0.1) is 10.5 Å². The number of nitrogens with zero attached hydrogens (tertiary/aromatic N) is 1. The summed E-state index contributed by atoms with van der Waals surface area (Å²) in [5, 5.41) is 28.2.